The van der Waals surface area contributed by atoms with Crippen molar-refractivity contribution in [3.8, 4) is 16.9 Å². The van der Waals surface area contributed by atoms with Crippen LogP contribution in [0.3, 0.4) is 0 Å². The summed E-state index contributed by atoms with van der Waals surface area (Å²) in [6.45, 7) is 2.95. The van der Waals surface area contributed by atoms with Gasteiger partial charge in [0, 0.05) is 44.5 Å². The van der Waals surface area contributed by atoms with Gasteiger partial charge in [-0.3, -0.25) is 28.8 Å². The zero-order chi connectivity index (χ0) is 31.3. The number of ketones is 6. The molecule has 0 amide bonds. The number of ether oxygens (including phenoxy) is 1. The Morgan fingerprint density at radius 3 is 1.45 bits per heavy atom. The topological polar surface area (TPSA) is 112 Å². The average Bonchev–Trinajstić information content (AvgIpc) is 3.06. The lowest BCUT2D eigenvalue weighted by Gasteiger charge is -2.19. The zero-order valence-corrected chi connectivity index (χ0v) is 24.0. The third-order valence-electron chi connectivity index (χ3n) is 8.10. The van der Waals surface area contributed by atoms with Gasteiger partial charge in [-0.2, -0.15) is 0 Å². The lowest BCUT2D eigenvalue weighted by atomic mass is 9.80. The van der Waals surface area contributed by atoms with E-state index in [1.807, 2.05) is 0 Å². The van der Waals surface area contributed by atoms with E-state index in [0.717, 1.165) is 0 Å². The third-order valence-corrected chi connectivity index (χ3v) is 8.10. The van der Waals surface area contributed by atoms with Crippen molar-refractivity contribution in [3.05, 3.63) is 147 Å². The van der Waals surface area contributed by atoms with Crippen molar-refractivity contribution in [1.29, 1.82) is 0 Å². The Labute approximate surface area is 252 Å². The number of carbonyl (C=O) groups excluding carboxylic acids is 6. The second-order valence-corrected chi connectivity index (χ2v) is 10.6. The van der Waals surface area contributed by atoms with Crippen LogP contribution in [-0.4, -0.2) is 41.8 Å². The smallest absolute Gasteiger partial charge is 0.198 e. The van der Waals surface area contributed by atoms with Crippen molar-refractivity contribution < 1.29 is 33.5 Å². The van der Waals surface area contributed by atoms with Crippen LogP contribution in [0.5, 0.6) is 5.75 Å². The molecular weight excluding hydrogens is 556 g/mol. The number of allylic oxidation sites excluding steroid dienone is 4. The molecule has 0 aromatic heterocycles. The van der Waals surface area contributed by atoms with Crippen LogP contribution in [0.15, 0.2) is 113 Å². The van der Waals surface area contributed by atoms with Crippen LogP contribution in [0, 0.1) is 0 Å². The SMILES string of the molecule is COc1ccc(C(=O)C2=C(C)C(=O)c3cc(-c4ccc(C(=O)C5=C(C)C(=O)c6ccccc6C5=O)cc4)ccc3C2=O)cc1. The number of hydrogen-bond acceptors (Lipinski definition) is 7. The predicted octanol–water partition coefficient (Wildman–Crippen LogP) is 6.52. The largest absolute Gasteiger partial charge is 0.497 e. The van der Waals surface area contributed by atoms with Crippen molar-refractivity contribution in [3.63, 3.8) is 0 Å². The summed E-state index contributed by atoms with van der Waals surface area (Å²) in [5.74, 6) is -2.32. The molecule has 4 aromatic rings. The van der Waals surface area contributed by atoms with Gasteiger partial charge in [0.2, 0.25) is 0 Å². The Kier molecular flexibility index (Phi) is 6.94. The molecule has 4 aromatic carbocycles. The molecule has 0 unspecified atom stereocenters. The minimum Gasteiger partial charge on any atom is -0.497 e. The number of methoxy groups -OCH3 is 1. The summed E-state index contributed by atoms with van der Waals surface area (Å²) in [5.41, 5.74) is 2.44. The molecule has 214 valence electrons. The first-order chi connectivity index (χ1) is 21.1. The van der Waals surface area contributed by atoms with Crippen molar-refractivity contribution in [2.24, 2.45) is 0 Å². The summed E-state index contributed by atoms with van der Waals surface area (Å²) in [4.78, 5) is 79.5. The molecule has 7 nitrogen and oxygen atoms in total. The molecular formula is C37H24O7. The van der Waals surface area contributed by atoms with E-state index >= 15 is 0 Å². The maximum Gasteiger partial charge on any atom is 0.198 e. The lowest BCUT2D eigenvalue weighted by molar-refractivity contribution is 0.0922. The van der Waals surface area contributed by atoms with Crippen LogP contribution in [-0.2, 0) is 0 Å². The summed E-state index contributed by atoms with van der Waals surface area (Å²) in [6.07, 6.45) is 0. The lowest BCUT2D eigenvalue weighted by Crippen LogP contribution is -2.25. The van der Waals surface area contributed by atoms with E-state index in [4.69, 9.17) is 4.74 Å². The highest BCUT2D eigenvalue weighted by molar-refractivity contribution is 6.40. The van der Waals surface area contributed by atoms with E-state index in [0.29, 0.717) is 16.9 Å². The highest BCUT2D eigenvalue weighted by Gasteiger charge is 2.35. The molecule has 0 saturated heterocycles. The first-order valence-electron chi connectivity index (χ1n) is 13.8. The molecule has 44 heavy (non-hydrogen) atoms. The fourth-order valence-corrected chi connectivity index (χ4v) is 5.62. The van der Waals surface area contributed by atoms with Gasteiger partial charge in [0.25, 0.3) is 0 Å². The molecule has 0 N–H and O–H groups in total. The Balaban J connectivity index is 1.28. The fraction of sp³-hybridized carbons (Fsp3) is 0.0811. The van der Waals surface area contributed by atoms with Crippen molar-refractivity contribution in [2.75, 3.05) is 7.11 Å². The Morgan fingerprint density at radius 1 is 0.500 bits per heavy atom. The van der Waals surface area contributed by atoms with Crippen LogP contribution in [0.2, 0.25) is 0 Å². The molecule has 6 rings (SSSR count). The van der Waals surface area contributed by atoms with E-state index in [1.165, 1.54) is 33.1 Å². The zero-order valence-electron chi connectivity index (χ0n) is 24.0. The van der Waals surface area contributed by atoms with Gasteiger partial charge in [-0.1, -0.05) is 54.6 Å². The number of hydrogen-bond donors (Lipinski definition) is 0. The number of fused-ring (bicyclic) bond motifs is 2. The minimum absolute atomic E-state index is 0.0679. The first kappa shape index (κ1) is 28.3. The van der Waals surface area contributed by atoms with E-state index in [2.05, 4.69) is 0 Å². The standard InChI is InChI=1S/C37H24O7/c1-19-30(36(42)27-7-5-4-6-26(27)32(19)38)34(40)22-10-8-21(9-11-22)24-14-17-28-29(18-24)33(39)20(2)31(37(28)43)35(41)23-12-15-25(44-3)16-13-23/h4-18H,1-3H3. The van der Waals surface area contributed by atoms with Crippen LogP contribution < -0.4 is 4.74 Å². The normalized spacial score (nSPS) is 14.4. The molecule has 0 heterocycles. The molecule has 0 spiro atoms. The number of carbonyl (C=O) groups is 6. The van der Waals surface area contributed by atoms with E-state index in [9.17, 15) is 28.8 Å². The molecule has 0 saturated carbocycles. The molecule has 0 radical (unpaired) electrons. The quantitative estimate of drug-likeness (QED) is 0.189. The van der Waals surface area contributed by atoms with Gasteiger partial charge in [-0.05, 0) is 61.4 Å². The summed E-state index contributed by atoms with van der Waals surface area (Å²) < 4.78 is 5.13. The van der Waals surface area contributed by atoms with E-state index < -0.39 is 28.9 Å². The molecule has 2 aliphatic rings. The predicted molar refractivity (Wildman–Crippen MR) is 163 cm³/mol. The van der Waals surface area contributed by atoms with Gasteiger partial charge < -0.3 is 4.74 Å². The molecule has 0 atom stereocenters. The summed E-state index contributed by atoms with van der Waals surface area (Å²) in [5, 5.41) is 0. The second-order valence-electron chi connectivity index (χ2n) is 10.6. The van der Waals surface area contributed by atoms with Crippen LogP contribution in [0.4, 0.5) is 0 Å². The summed E-state index contributed by atoms with van der Waals surface area (Å²) in [6, 6.07) is 24.0. The summed E-state index contributed by atoms with van der Waals surface area (Å²) >= 11 is 0. The second kappa shape index (κ2) is 10.8. The molecule has 7 heteroatoms. The molecule has 2 aliphatic carbocycles. The van der Waals surface area contributed by atoms with Crippen LogP contribution in [0.25, 0.3) is 11.1 Å². The number of Topliss-reactive ketones (excluding diaryl/α,β-unsaturated/α-hetero) is 6. The molecule has 0 bridgehead atoms. The van der Waals surface area contributed by atoms with E-state index in [1.54, 1.807) is 78.9 Å². The van der Waals surface area contributed by atoms with Gasteiger partial charge in [0.15, 0.2) is 34.7 Å². The Morgan fingerprint density at radius 2 is 0.932 bits per heavy atom. The van der Waals surface area contributed by atoms with Gasteiger partial charge in [0.1, 0.15) is 5.75 Å². The fourth-order valence-electron chi connectivity index (χ4n) is 5.62. The molecule has 0 aliphatic heterocycles. The number of benzene rings is 4. The van der Waals surface area contributed by atoms with Crippen molar-refractivity contribution in [2.45, 2.75) is 13.8 Å². The van der Waals surface area contributed by atoms with Gasteiger partial charge in [-0.25, -0.2) is 0 Å². The average molecular weight is 581 g/mol. The monoisotopic (exact) mass is 580 g/mol. The van der Waals surface area contributed by atoms with Gasteiger partial charge in [0.05, 0.1) is 18.3 Å². The van der Waals surface area contributed by atoms with Crippen molar-refractivity contribution >= 4 is 34.7 Å². The maximum atomic E-state index is 13.4. The highest BCUT2D eigenvalue weighted by atomic mass is 16.5. The maximum absolute atomic E-state index is 13.4. The van der Waals surface area contributed by atoms with Crippen LogP contribution >= 0.6 is 0 Å². The van der Waals surface area contributed by atoms with Crippen molar-refractivity contribution in [1.82, 2.24) is 0 Å². The van der Waals surface area contributed by atoms with Gasteiger partial charge in [-0.15, -0.1) is 0 Å². The van der Waals surface area contributed by atoms with Gasteiger partial charge >= 0.3 is 0 Å². The minimum atomic E-state index is -0.553. The third kappa shape index (κ3) is 4.46. The molecule has 0 fully saturated rings. The first-order valence-corrected chi connectivity index (χ1v) is 13.8. The Hall–Kier alpha value is -5.82. The Bertz CT molecular complexity index is 2040. The van der Waals surface area contributed by atoms with Crippen LogP contribution in [0.1, 0.15) is 76.0 Å². The summed E-state index contributed by atoms with van der Waals surface area (Å²) in [7, 11) is 1.51. The highest BCUT2D eigenvalue weighted by Crippen LogP contribution is 2.33. The number of rotatable bonds is 6. The van der Waals surface area contributed by atoms with E-state index in [-0.39, 0.29) is 61.5 Å².